The molecule has 0 saturated carbocycles. The number of carbonyl (C=O) groups excluding carboxylic acids is 2. The summed E-state index contributed by atoms with van der Waals surface area (Å²) in [7, 11) is 0. The summed E-state index contributed by atoms with van der Waals surface area (Å²) in [5.74, 6) is -0.353. The van der Waals surface area contributed by atoms with Crippen LogP contribution in [-0.2, 0) is 9.53 Å². The second-order valence-corrected chi connectivity index (χ2v) is 8.81. The van der Waals surface area contributed by atoms with Crippen LogP contribution in [0.2, 0.25) is 0 Å². The molecular formula is C21H30N4O5. The molecule has 0 bridgehead atoms. The normalized spacial score (nSPS) is 19.5. The average molecular weight is 418 g/mol. The molecule has 2 fully saturated rings. The van der Waals surface area contributed by atoms with Crippen molar-refractivity contribution in [3.63, 3.8) is 0 Å². The number of carbonyl (C=O) groups is 2. The van der Waals surface area contributed by atoms with Crippen molar-refractivity contribution in [2.45, 2.75) is 39.2 Å². The molecule has 2 aliphatic rings. The monoisotopic (exact) mass is 418 g/mol. The van der Waals surface area contributed by atoms with E-state index in [0.29, 0.717) is 31.7 Å². The molecule has 0 spiro atoms. The van der Waals surface area contributed by atoms with Crippen molar-refractivity contribution in [1.82, 2.24) is 14.9 Å². The maximum absolute atomic E-state index is 12.7. The predicted molar refractivity (Wildman–Crippen MR) is 111 cm³/mol. The van der Waals surface area contributed by atoms with Crippen LogP contribution in [0.1, 0.15) is 44.0 Å². The average Bonchev–Trinajstić information content (AvgIpc) is 2.72. The fourth-order valence-corrected chi connectivity index (χ4v) is 3.89. The standard InChI is InChI=1S/C21H30N4O5/c1-21(2,3)30-20(27)16-7-9-23(10-8-16)24-13-11-22(12-14-24)19(26)17-5-4-6-18(15-17)25(28)29/h4-6,15-16H,7-14H2,1-3H3. The van der Waals surface area contributed by atoms with Gasteiger partial charge in [0.05, 0.1) is 10.8 Å². The number of non-ortho nitro benzene ring substituents is 1. The molecule has 1 amide bonds. The summed E-state index contributed by atoms with van der Waals surface area (Å²) in [5, 5.41) is 15.4. The minimum absolute atomic E-state index is 0.0581. The van der Waals surface area contributed by atoms with Crippen LogP contribution >= 0.6 is 0 Å². The van der Waals surface area contributed by atoms with Crippen molar-refractivity contribution < 1.29 is 19.2 Å². The summed E-state index contributed by atoms with van der Waals surface area (Å²) in [6, 6.07) is 5.87. The van der Waals surface area contributed by atoms with Gasteiger partial charge in [-0.25, -0.2) is 10.0 Å². The molecule has 2 saturated heterocycles. The number of rotatable bonds is 4. The van der Waals surface area contributed by atoms with Gasteiger partial charge in [-0.3, -0.25) is 19.7 Å². The van der Waals surface area contributed by atoms with E-state index in [0.717, 1.165) is 25.9 Å². The third kappa shape index (κ3) is 5.54. The Morgan fingerprint density at radius 1 is 1.03 bits per heavy atom. The summed E-state index contributed by atoms with van der Waals surface area (Å²) in [6.07, 6.45) is 1.53. The highest BCUT2D eigenvalue weighted by molar-refractivity contribution is 5.94. The Morgan fingerprint density at radius 3 is 2.20 bits per heavy atom. The van der Waals surface area contributed by atoms with Crippen molar-refractivity contribution in [1.29, 1.82) is 0 Å². The van der Waals surface area contributed by atoms with E-state index in [1.165, 1.54) is 18.2 Å². The number of ether oxygens (including phenoxy) is 1. The van der Waals surface area contributed by atoms with Gasteiger partial charge in [-0.15, -0.1) is 0 Å². The molecule has 9 nitrogen and oxygen atoms in total. The van der Waals surface area contributed by atoms with Gasteiger partial charge in [0.2, 0.25) is 0 Å². The highest BCUT2D eigenvalue weighted by atomic mass is 16.6. The molecule has 0 unspecified atom stereocenters. The van der Waals surface area contributed by atoms with Gasteiger partial charge in [-0.2, -0.15) is 0 Å². The van der Waals surface area contributed by atoms with E-state index in [1.807, 2.05) is 20.8 Å². The van der Waals surface area contributed by atoms with Crippen LogP contribution in [0.25, 0.3) is 0 Å². The van der Waals surface area contributed by atoms with Crippen LogP contribution in [0.5, 0.6) is 0 Å². The van der Waals surface area contributed by atoms with Gasteiger partial charge in [0.15, 0.2) is 0 Å². The summed E-state index contributed by atoms with van der Waals surface area (Å²) in [6.45, 7) is 9.78. The van der Waals surface area contributed by atoms with Gasteiger partial charge in [-0.05, 0) is 39.7 Å². The second kappa shape index (κ2) is 9.09. The fourth-order valence-electron chi connectivity index (χ4n) is 3.89. The maximum Gasteiger partial charge on any atom is 0.309 e. The number of esters is 1. The molecule has 0 aliphatic carbocycles. The van der Waals surface area contributed by atoms with E-state index in [-0.39, 0.29) is 23.5 Å². The number of hydrazine groups is 1. The number of nitrogens with zero attached hydrogens (tertiary/aromatic N) is 4. The Morgan fingerprint density at radius 2 is 1.63 bits per heavy atom. The highest BCUT2D eigenvalue weighted by Gasteiger charge is 2.32. The molecule has 0 atom stereocenters. The zero-order chi connectivity index (χ0) is 21.9. The topological polar surface area (TPSA) is 96.2 Å². The molecule has 30 heavy (non-hydrogen) atoms. The molecule has 0 N–H and O–H groups in total. The molecule has 2 heterocycles. The molecule has 164 valence electrons. The smallest absolute Gasteiger partial charge is 0.309 e. The van der Waals surface area contributed by atoms with Crippen molar-refractivity contribution in [3.05, 3.63) is 39.9 Å². The molecule has 0 aromatic heterocycles. The molecular weight excluding hydrogens is 388 g/mol. The first-order chi connectivity index (χ1) is 14.1. The zero-order valence-electron chi connectivity index (χ0n) is 17.9. The van der Waals surface area contributed by atoms with Crippen LogP contribution in [0, 0.1) is 16.0 Å². The lowest BCUT2D eigenvalue weighted by Gasteiger charge is -2.43. The van der Waals surface area contributed by atoms with Gasteiger partial charge in [0.1, 0.15) is 5.60 Å². The first-order valence-electron chi connectivity index (χ1n) is 10.4. The molecule has 9 heteroatoms. The highest BCUT2D eigenvalue weighted by Crippen LogP contribution is 2.23. The van der Waals surface area contributed by atoms with E-state index >= 15 is 0 Å². The number of piperidine rings is 1. The number of hydrogen-bond acceptors (Lipinski definition) is 7. The number of hydrogen-bond donors (Lipinski definition) is 0. The first-order valence-corrected chi connectivity index (χ1v) is 10.4. The lowest BCUT2D eigenvalue weighted by atomic mass is 9.97. The minimum Gasteiger partial charge on any atom is -0.460 e. The first kappa shape index (κ1) is 22.2. The van der Waals surface area contributed by atoms with Crippen LogP contribution in [-0.4, -0.2) is 76.6 Å². The van der Waals surface area contributed by atoms with Gasteiger partial charge >= 0.3 is 5.97 Å². The number of amides is 1. The quantitative estimate of drug-likeness (QED) is 0.421. The summed E-state index contributed by atoms with van der Waals surface area (Å²) < 4.78 is 5.51. The Labute approximate surface area is 176 Å². The van der Waals surface area contributed by atoms with Crippen LogP contribution in [0.15, 0.2) is 24.3 Å². The van der Waals surface area contributed by atoms with Gasteiger partial charge in [-0.1, -0.05) is 6.07 Å². The third-order valence-electron chi connectivity index (χ3n) is 5.46. The fraction of sp³-hybridized carbons (Fsp3) is 0.619. The van der Waals surface area contributed by atoms with Gasteiger partial charge < -0.3 is 9.64 Å². The molecule has 1 aromatic rings. The Kier molecular flexibility index (Phi) is 6.72. The largest absolute Gasteiger partial charge is 0.460 e. The third-order valence-corrected chi connectivity index (χ3v) is 5.46. The Balaban J connectivity index is 1.48. The zero-order valence-corrected chi connectivity index (χ0v) is 17.9. The SMILES string of the molecule is CC(C)(C)OC(=O)C1CCN(N2CCN(C(=O)c3cccc([N+](=O)[O-])c3)CC2)CC1. The Hall–Kier alpha value is -2.52. The van der Waals surface area contributed by atoms with E-state index in [4.69, 9.17) is 4.74 Å². The summed E-state index contributed by atoms with van der Waals surface area (Å²) in [5.41, 5.74) is -0.195. The Bertz CT molecular complexity index is 791. The number of nitro groups is 1. The molecule has 1 aromatic carbocycles. The summed E-state index contributed by atoms with van der Waals surface area (Å²) in [4.78, 5) is 37.2. The minimum atomic E-state index is -0.490. The number of benzene rings is 1. The molecule has 0 radical (unpaired) electrons. The van der Waals surface area contributed by atoms with E-state index in [1.54, 1.807) is 11.0 Å². The van der Waals surface area contributed by atoms with Crippen molar-refractivity contribution in [2.75, 3.05) is 39.3 Å². The summed E-state index contributed by atoms with van der Waals surface area (Å²) >= 11 is 0. The van der Waals surface area contributed by atoms with Crippen LogP contribution in [0.3, 0.4) is 0 Å². The molecule has 2 aliphatic heterocycles. The van der Waals surface area contributed by atoms with Crippen molar-refractivity contribution >= 4 is 17.6 Å². The van der Waals surface area contributed by atoms with E-state index in [9.17, 15) is 19.7 Å². The van der Waals surface area contributed by atoms with E-state index < -0.39 is 10.5 Å². The van der Waals surface area contributed by atoms with Crippen molar-refractivity contribution in [2.24, 2.45) is 5.92 Å². The van der Waals surface area contributed by atoms with Gasteiger partial charge in [0.25, 0.3) is 11.6 Å². The predicted octanol–water partition coefficient (Wildman–Crippen LogP) is 2.32. The number of piperazine rings is 1. The lowest BCUT2D eigenvalue weighted by molar-refractivity contribution is -0.384. The lowest BCUT2D eigenvalue weighted by Crippen LogP contribution is -2.56. The van der Waals surface area contributed by atoms with E-state index in [2.05, 4.69) is 10.0 Å². The van der Waals surface area contributed by atoms with Crippen LogP contribution < -0.4 is 0 Å². The second-order valence-electron chi connectivity index (χ2n) is 8.81. The molecule has 3 rings (SSSR count). The number of nitro benzene ring substituents is 1. The maximum atomic E-state index is 12.7. The van der Waals surface area contributed by atoms with Crippen molar-refractivity contribution in [3.8, 4) is 0 Å². The van der Waals surface area contributed by atoms with Crippen LogP contribution in [0.4, 0.5) is 5.69 Å². The van der Waals surface area contributed by atoms with Gasteiger partial charge in [0, 0.05) is 57.0 Å².